The molecule has 1 atom stereocenters. The van der Waals surface area contributed by atoms with Crippen molar-refractivity contribution < 1.29 is 4.79 Å². The molecule has 0 aromatic carbocycles. The van der Waals surface area contributed by atoms with E-state index in [0.717, 1.165) is 12.8 Å². The average molecular weight is 173 g/mol. The van der Waals surface area contributed by atoms with Crippen molar-refractivity contribution in [2.45, 2.75) is 25.8 Å². The number of nitrogens with two attached hydrogens (primary N) is 2. The molecule has 72 valence electrons. The van der Waals surface area contributed by atoms with Gasteiger partial charge in [0.05, 0.1) is 0 Å². The third kappa shape index (κ3) is 5.09. The van der Waals surface area contributed by atoms with Gasteiger partial charge in [0.25, 0.3) is 0 Å². The highest BCUT2D eigenvalue weighted by atomic mass is 16.2. The van der Waals surface area contributed by atoms with Crippen molar-refractivity contribution in [1.29, 1.82) is 0 Å². The molecule has 4 nitrogen and oxygen atoms in total. The number of nitrogens with zero attached hydrogens (tertiary/aromatic N) is 1. The molecule has 0 aromatic rings. The van der Waals surface area contributed by atoms with E-state index in [9.17, 15) is 4.79 Å². The maximum atomic E-state index is 10.8. The lowest BCUT2D eigenvalue weighted by atomic mass is 10.1. The Labute approximate surface area is 73.9 Å². The van der Waals surface area contributed by atoms with Gasteiger partial charge in [0.15, 0.2) is 0 Å². The molecule has 4 N–H and O–H groups in total. The van der Waals surface area contributed by atoms with Crippen LogP contribution in [0.1, 0.15) is 19.8 Å². The normalized spacial score (nSPS) is 12.7. The molecule has 0 bridgehead atoms. The molecule has 0 rings (SSSR count). The quantitative estimate of drug-likeness (QED) is 0.590. The molecule has 0 radical (unpaired) electrons. The summed E-state index contributed by atoms with van der Waals surface area (Å²) in [6.45, 7) is 2.82. The largest absolute Gasteiger partial charge is 0.344 e. The van der Waals surface area contributed by atoms with Gasteiger partial charge in [-0.2, -0.15) is 0 Å². The average Bonchev–Trinajstić information content (AvgIpc) is 2.00. The van der Waals surface area contributed by atoms with Gasteiger partial charge < -0.3 is 16.4 Å². The first kappa shape index (κ1) is 11.4. The van der Waals surface area contributed by atoms with Crippen LogP contribution in [0.4, 0.5) is 0 Å². The lowest BCUT2D eigenvalue weighted by Gasteiger charge is -2.19. The van der Waals surface area contributed by atoms with E-state index in [1.165, 1.54) is 6.92 Å². The van der Waals surface area contributed by atoms with Gasteiger partial charge in [0.2, 0.25) is 5.91 Å². The van der Waals surface area contributed by atoms with Crippen molar-refractivity contribution in [1.82, 2.24) is 4.90 Å². The van der Waals surface area contributed by atoms with Gasteiger partial charge in [0, 0.05) is 26.6 Å². The van der Waals surface area contributed by atoms with E-state index >= 15 is 0 Å². The summed E-state index contributed by atoms with van der Waals surface area (Å²) in [5.74, 6) is 0.0539. The van der Waals surface area contributed by atoms with E-state index in [0.29, 0.717) is 13.1 Å². The fourth-order valence-electron chi connectivity index (χ4n) is 0.952. The molecule has 0 fully saturated rings. The molecular formula is C8H19N3O. The second-order valence-corrected chi connectivity index (χ2v) is 3.09. The fourth-order valence-corrected chi connectivity index (χ4v) is 0.952. The van der Waals surface area contributed by atoms with Gasteiger partial charge >= 0.3 is 0 Å². The second kappa shape index (κ2) is 5.97. The number of amides is 1. The van der Waals surface area contributed by atoms with Crippen molar-refractivity contribution >= 4 is 5.91 Å². The van der Waals surface area contributed by atoms with Crippen molar-refractivity contribution in [3.05, 3.63) is 0 Å². The molecule has 4 heteroatoms. The predicted octanol–water partition coefficient (Wildman–Crippen LogP) is -0.469. The van der Waals surface area contributed by atoms with Crippen LogP contribution in [-0.4, -0.2) is 37.0 Å². The standard InChI is InChI=1S/C8H19N3O/c1-7(12)11(2)6-8(10)4-3-5-9/h8H,3-6,9-10H2,1-2H3/t8-/m0/s1. The third-order valence-electron chi connectivity index (χ3n) is 1.82. The zero-order valence-electron chi connectivity index (χ0n) is 7.92. The van der Waals surface area contributed by atoms with Crippen LogP contribution in [-0.2, 0) is 4.79 Å². The molecule has 0 aliphatic carbocycles. The summed E-state index contributed by atoms with van der Waals surface area (Å²) < 4.78 is 0. The van der Waals surface area contributed by atoms with Crippen molar-refractivity contribution in [2.75, 3.05) is 20.1 Å². The molecule has 0 aromatic heterocycles. The topological polar surface area (TPSA) is 72.3 Å². The molecule has 0 aliphatic heterocycles. The Morgan fingerprint density at radius 1 is 1.58 bits per heavy atom. The Kier molecular flexibility index (Phi) is 5.66. The zero-order chi connectivity index (χ0) is 9.56. The number of rotatable bonds is 5. The van der Waals surface area contributed by atoms with Crippen molar-refractivity contribution in [2.24, 2.45) is 11.5 Å². The van der Waals surface area contributed by atoms with E-state index < -0.39 is 0 Å². The van der Waals surface area contributed by atoms with Gasteiger partial charge in [-0.1, -0.05) is 0 Å². The lowest BCUT2D eigenvalue weighted by Crippen LogP contribution is -2.37. The number of carbonyl (C=O) groups is 1. The first-order valence-corrected chi connectivity index (χ1v) is 4.25. The Morgan fingerprint density at radius 3 is 2.58 bits per heavy atom. The lowest BCUT2D eigenvalue weighted by molar-refractivity contribution is -0.127. The molecule has 0 saturated carbocycles. The van der Waals surface area contributed by atoms with E-state index in [1.807, 2.05) is 0 Å². The summed E-state index contributed by atoms with van der Waals surface area (Å²) in [4.78, 5) is 12.4. The Morgan fingerprint density at radius 2 is 2.17 bits per heavy atom. The molecular weight excluding hydrogens is 154 g/mol. The molecule has 0 unspecified atom stereocenters. The maximum absolute atomic E-state index is 10.8. The predicted molar refractivity (Wildman–Crippen MR) is 49.6 cm³/mol. The Balaban J connectivity index is 3.53. The molecule has 0 heterocycles. The summed E-state index contributed by atoms with van der Waals surface area (Å²) >= 11 is 0. The van der Waals surface area contributed by atoms with Crippen LogP contribution in [0, 0.1) is 0 Å². The smallest absolute Gasteiger partial charge is 0.219 e. The first-order chi connectivity index (χ1) is 5.57. The minimum atomic E-state index is 0.0539. The molecule has 12 heavy (non-hydrogen) atoms. The Bertz CT molecular complexity index is 138. The number of likely N-dealkylation sites (N-methyl/N-ethyl adjacent to an activating group) is 1. The van der Waals surface area contributed by atoms with Crippen LogP contribution in [0.3, 0.4) is 0 Å². The van der Waals surface area contributed by atoms with Gasteiger partial charge in [0.1, 0.15) is 0 Å². The summed E-state index contributed by atoms with van der Waals surface area (Å²) in [7, 11) is 1.75. The maximum Gasteiger partial charge on any atom is 0.219 e. The van der Waals surface area contributed by atoms with Crippen LogP contribution in [0.2, 0.25) is 0 Å². The summed E-state index contributed by atoms with van der Waals surface area (Å²) in [6, 6.07) is 0.0578. The Hall–Kier alpha value is -0.610. The third-order valence-corrected chi connectivity index (χ3v) is 1.82. The van der Waals surface area contributed by atoms with E-state index in [1.54, 1.807) is 11.9 Å². The number of hydrogen-bond acceptors (Lipinski definition) is 3. The summed E-state index contributed by atoms with van der Waals surface area (Å²) in [5, 5.41) is 0. The summed E-state index contributed by atoms with van der Waals surface area (Å²) in [6.07, 6.45) is 1.81. The number of hydrogen-bond donors (Lipinski definition) is 2. The van der Waals surface area contributed by atoms with E-state index in [-0.39, 0.29) is 11.9 Å². The van der Waals surface area contributed by atoms with E-state index in [2.05, 4.69) is 0 Å². The highest BCUT2D eigenvalue weighted by molar-refractivity contribution is 5.72. The molecule has 0 aliphatic rings. The van der Waals surface area contributed by atoms with Crippen molar-refractivity contribution in [3.8, 4) is 0 Å². The van der Waals surface area contributed by atoms with E-state index in [4.69, 9.17) is 11.5 Å². The molecule has 0 spiro atoms. The van der Waals surface area contributed by atoms with Gasteiger partial charge in [-0.25, -0.2) is 0 Å². The van der Waals surface area contributed by atoms with Crippen LogP contribution in [0.25, 0.3) is 0 Å². The van der Waals surface area contributed by atoms with Crippen LogP contribution in [0.5, 0.6) is 0 Å². The van der Waals surface area contributed by atoms with Gasteiger partial charge in [-0.3, -0.25) is 4.79 Å². The highest BCUT2D eigenvalue weighted by Crippen LogP contribution is 1.95. The minimum Gasteiger partial charge on any atom is -0.344 e. The minimum absolute atomic E-state index is 0.0539. The van der Waals surface area contributed by atoms with Crippen LogP contribution in [0.15, 0.2) is 0 Å². The van der Waals surface area contributed by atoms with Crippen molar-refractivity contribution in [3.63, 3.8) is 0 Å². The summed E-state index contributed by atoms with van der Waals surface area (Å²) in [5.41, 5.74) is 11.1. The molecule has 0 saturated heterocycles. The zero-order valence-corrected chi connectivity index (χ0v) is 7.92. The first-order valence-electron chi connectivity index (χ1n) is 4.25. The van der Waals surface area contributed by atoms with Gasteiger partial charge in [-0.05, 0) is 19.4 Å². The SMILES string of the molecule is CC(=O)N(C)C[C@@H](N)CCCN. The number of carbonyl (C=O) groups excluding carboxylic acids is 1. The molecule has 1 amide bonds. The fraction of sp³-hybridized carbons (Fsp3) is 0.875. The van der Waals surface area contributed by atoms with Crippen LogP contribution < -0.4 is 11.5 Å². The second-order valence-electron chi connectivity index (χ2n) is 3.09. The van der Waals surface area contributed by atoms with Crippen LogP contribution >= 0.6 is 0 Å². The highest BCUT2D eigenvalue weighted by Gasteiger charge is 2.07. The monoisotopic (exact) mass is 173 g/mol. The van der Waals surface area contributed by atoms with Gasteiger partial charge in [-0.15, -0.1) is 0 Å².